The minimum Gasteiger partial charge on any atom is -0.356 e. The molecular formula is C18H16F3N3O. The van der Waals surface area contributed by atoms with Gasteiger partial charge in [-0.25, -0.2) is 5.43 Å². The van der Waals surface area contributed by atoms with Gasteiger partial charge < -0.3 is 5.32 Å². The second-order valence-electron chi connectivity index (χ2n) is 5.91. The Bertz CT molecular complexity index is 796. The first kappa shape index (κ1) is 17.0. The van der Waals surface area contributed by atoms with E-state index in [9.17, 15) is 18.0 Å². The molecule has 0 saturated carbocycles. The number of halogens is 3. The summed E-state index contributed by atoms with van der Waals surface area (Å²) in [6, 6.07) is 12.2. The number of amides is 1. The van der Waals surface area contributed by atoms with Gasteiger partial charge in [-0.05, 0) is 42.0 Å². The van der Waals surface area contributed by atoms with Crippen molar-refractivity contribution in [1.82, 2.24) is 5.43 Å². The van der Waals surface area contributed by atoms with E-state index >= 15 is 0 Å². The van der Waals surface area contributed by atoms with Crippen LogP contribution in [0.1, 0.15) is 24.5 Å². The summed E-state index contributed by atoms with van der Waals surface area (Å²) in [7, 11) is 0. The van der Waals surface area contributed by atoms with Crippen LogP contribution >= 0.6 is 0 Å². The molecule has 0 spiro atoms. The maximum absolute atomic E-state index is 12.6. The quantitative estimate of drug-likeness (QED) is 0.869. The van der Waals surface area contributed by atoms with Crippen LogP contribution in [-0.4, -0.2) is 11.6 Å². The third kappa shape index (κ3) is 3.99. The highest BCUT2D eigenvalue weighted by atomic mass is 19.4. The molecule has 2 aromatic rings. The molecule has 1 unspecified atom stereocenters. The molecule has 0 fully saturated rings. The van der Waals surface area contributed by atoms with Crippen molar-refractivity contribution in [3.63, 3.8) is 0 Å². The monoisotopic (exact) mass is 347 g/mol. The predicted octanol–water partition coefficient (Wildman–Crippen LogP) is 4.31. The number of hydrazone groups is 1. The molecule has 130 valence electrons. The number of nitrogens with one attached hydrogen (secondary N) is 2. The topological polar surface area (TPSA) is 53.5 Å². The van der Waals surface area contributed by atoms with Crippen LogP contribution in [0.3, 0.4) is 0 Å². The first-order valence-electron chi connectivity index (χ1n) is 7.74. The van der Waals surface area contributed by atoms with Gasteiger partial charge in [-0.3, -0.25) is 4.79 Å². The van der Waals surface area contributed by atoms with Crippen LogP contribution in [0, 0.1) is 5.92 Å². The van der Waals surface area contributed by atoms with E-state index in [0.29, 0.717) is 12.1 Å². The second kappa shape index (κ2) is 6.58. The molecule has 0 bridgehead atoms. The fourth-order valence-corrected chi connectivity index (χ4v) is 2.64. The number of alkyl halides is 3. The van der Waals surface area contributed by atoms with E-state index in [4.69, 9.17) is 0 Å². The van der Waals surface area contributed by atoms with Crippen molar-refractivity contribution in [3.8, 4) is 0 Å². The van der Waals surface area contributed by atoms with Crippen LogP contribution in [-0.2, 0) is 11.0 Å². The third-order valence-corrected chi connectivity index (χ3v) is 3.94. The van der Waals surface area contributed by atoms with Gasteiger partial charge in [0.2, 0.25) is 5.91 Å². The lowest BCUT2D eigenvalue weighted by Gasteiger charge is -2.19. The van der Waals surface area contributed by atoms with Crippen LogP contribution in [0.2, 0.25) is 0 Å². The van der Waals surface area contributed by atoms with Crippen LogP contribution in [0.5, 0.6) is 0 Å². The summed E-state index contributed by atoms with van der Waals surface area (Å²) in [6.45, 7) is 1.94. The molecule has 3 rings (SSSR count). The van der Waals surface area contributed by atoms with Gasteiger partial charge in [0.25, 0.3) is 0 Å². The number of hydrogen-bond donors (Lipinski definition) is 2. The van der Waals surface area contributed by atoms with Crippen molar-refractivity contribution >= 4 is 23.0 Å². The van der Waals surface area contributed by atoms with Crippen LogP contribution in [0.4, 0.5) is 24.5 Å². The summed E-state index contributed by atoms with van der Waals surface area (Å²) in [6.07, 6.45) is -3.95. The third-order valence-electron chi connectivity index (χ3n) is 3.94. The van der Waals surface area contributed by atoms with Gasteiger partial charge in [-0.15, -0.1) is 0 Å². The van der Waals surface area contributed by atoms with Crippen molar-refractivity contribution in [2.45, 2.75) is 19.5 Å². The Kier molecular flexibility index (Phi) is 4.48. The minimum absolute atomic E-state index is 0.0301. The lowest BCUT2D eigenvalue weighted by molar-refractivity contribution is -0.137. The molecule has 0 radical (unpaired) electrons. The Balaban J connectivity index is 1.72. The van der Waals surface area contributed by atoms with Gasteiger partial charge in [0.05, 0.1) is 11.3 Å². The van der Waals surface area contributed by atoms with Crippen molar-refractivity contribution in [2.24, 2.45) is 11.0 Å². The SMILES string of the molecule is CC1CC(=O)NN=C1c1ccc(Nc2ccc(C(F)(F)F)cc2)cc1. The van der Waals surface area contributed by atoms with Crippen molar-refractivity contribution < 1.29 is 18.0 Å². The number of benzene rings is 2. The normalized spacial score (nSPS) is 17.7. The summed E-state index contributed by atoms with van der Waals surface area (Å²) < 4.78 is 37.7. The van der Waals surface area contributed by atoms with Gasteiger partial charge >= 0.3 is 6.18 Å². The zero-order chi connectivity index (χ0) is 18.0. The number of carbonyl (C=O) groups excluding carboxylic acids is 1. The van der Waals surface area contributed by atoms with E-state index < -0.39 is 11.7 Å². The first-order valence-corrected chi connectivity index (χ1v) is 7.74. The lowest BCUT2D eigenvalue weighted by atomic mass is 9.94. The van der Waals surface area contributed by atoms with E-state index in [1.807, 2.05) is 31.2 Å². The smallest absolute Gasteiger partial charge is 0.356 e. The summed E-state index contributed by atoms with van der Waals surface area (Å²) in [4.78, 5) is 11.3. The van der Waals surface area contributed by atoms with Crippen molar-refractivity contribution in [2.75, 3.05) is 5.32 Å². The molecule has 25 heavy (non-hydrogen) atoms. The maximum Gasteiger partial charge on any atom is 0.416 e. The molecule has 4 nitrogen and oxygen atoms in total. The molecule has 1 aliphatic heterocycles. The summed E-state index contributed by atoms with van der Waals surface area (Å²) in [5.74, 6) is -0.0701. The highest BCUT2D eigenvalue weighted by Gasteiger charge is 2.29. The molecule has 0 saturated heterocycles. The van der Waals surface area contributed by atoms with Crippen molar-refractivity contribution in [3.05, 3.63) is 59.7 Å². The average Bonchev–Trinajstić information content (AvgIpc) is 2.56. The van der Waals surface area contributed by atoms with Gasteiger partial charge in [0, 0.05) is 23.7 Å². The molecule has 1 amide bonds. The zero-order valence-electron chi connectivity index (χ0n) is 13.4. The van der Waals surface area contributed by atoms with Crippen molar-refractivity contribution in [1.29, 1.82) is 0 Å². The zero-order valence-corrected chi connectivity index (χ0v) is 13.4. The molecule has 7 heteroatoms. The fraction of sp³-hybridized carbons (Fsp3) is 0.222. The lowest BCUT2D eigenvalue weighted by Crippen LogP contribution is -2.31. The summed E-state index contributed by atoms with van der Waals surface area (Å²) in [5, 5.41) is 7.15. The maximum atomic E-state index is 12.6. The average molecular weight is 347 g/mol. The Morgan fingerprint density at radius 1 is 1.04 bits per heavy atom. The van der Waals surface area contributed by atoms with E-state index in [-0.39, 0.29) is 11.8 Å². The highest BCUT2D eigenvalue weighted by molar-refractivity contribution is 6.05. The number of nitrogens with zero attached hydrogens (tertiary/aromatic N) is 1. The predicted molar refractivity (Wildman–Crippen MR) is 89.6 cm³/mol. The molecule has 2 aromatic carbocycles. The van der Waals surface area contributed by atoms with E-state index in [2.05, 4.69) is 15.8 Å². The Labute approximate surface area is 142 Å². The molecule has 2 N–H and O–H groups in total. The standard InChI is InChI=1S/C18H16F3N3O/c1-11-10-16(25)23-24-17(11)12-2-6-14(7-3-12)22-15-8-4-13(5-9-15)18(19,20)21/h2-9,11,22H,10H2,1H3,(H,23,25). The van der Waals surface area contributed by atoms with Crippen LogP contribution < -0.4 is 10.7 Å². The first-order chi connectivity index (χ1) is 11.8. The summed E-state index contributed by atoms with van der Waals surface area (Å²) >= 11 is 0. The molecule has 0 aliphatic carbocycles. The van der Waals surface area contributed by atoms with Gasteiger partial charge in [-0.2, -0.15) is 18.3 Å². The molecule has 1 atom stereocenters. The van der Waals surface area contributed by atoms with Gasteiger partial charge in [0.1, 0.15) is 0 Å². The van der Waals surface area contributed by atoms with E-state index in [0.717, 1.165) is 29.1 Å². The van der Waals surface area contributed by atoms with Crippen LogP contribution in [0.15, 0.2) is 53.6 Å². The van der Waals surface area contributed by atoms with Gasteiger partial charge in [-0.1, -0.05) is 19.1 Å². The van der Waals surface area contributed by atoms with E-state index in [1.165, 1.54) is 12.1 Å². The number of anilines is 2. The second-order valence-corrected chi connectivity index (χ2v) is 5.91. The highest BCUT2D eigenvalue weighted by Crippen LogP contribution is 2.30. The number of carbonyl (C=O) groups is 1. The Morgan fingerprint density at radius 2 is 1.60 bits per heavy atom. The molecular weight excluding hydrogens is 331 g/mol. The largest absolute Gasteiger partial charge is 0.416 e. The molecule has 0 aromatic heterocycles. The molecule has 1 heterocycles. The fourth-order valence-electron chi connectivity index (χ4n) is 2.64. The number of hydrogen-bond acceptors (Lipinski definition) is 3. The van der Waals surface area contributed by atoms with E-state index in [1.54, 1.807) is 0 Å². The Morgan fingerprint density at radius 3 is 2.12 bits per heavy atom. The van der Waals surface area contributed by atoms with Crippen LogP contribution in [0.25, 0.3) is 0 Å². The summed E-state index contributed by atoms with van der Waals surface area (Å²) in [5.41, 5.74) is 4.81. The minimum atomic E-state index is -4.34. The Hall–Kier alpha value is -2.83. The number of rotatable bonds is 3. The van der Waals surface area contributed by atoms with Gasteiger partial charge in [0.15, 0.2) is 0 Å². The molecule has 1 aliphatic rings.